The van der Waals surface area contributed by atoms with Crippen LogP contribution in [0.5, 0.6) is 17.2 Å². The van der Waals surface area contributed by atoms with E-state index in [1.807, 2.05) is 0 Å². The Hall–Kier alpha value is -2.69. The normalized spacial score (nSPS) is 10.4. The van der Waals surface area contributed by atoms with Crippen LogP contribution in [0.25, 0.3) is 0 Å². The van der Waals surface area contributed by atoms with Gasteiger partial charge in [0, 0.05) is 12.6 Å². The van der Waals surface area contributed by atoms with E-state index in [0.29, 0.717) is 16.8 Å². The van der Waals surface area contributed by atoms with Crippen molar-refractivity contribution in [3.05, 3.63) is 41.5 Å². The van der Waals surface area contributed by atoms with Crippen LogP contribution in [-0.2, 0) is 4.79 Å². The smallest absolute Gasteiger partial charge is 0.228 e. The van der Waals surface area contributed by atoms with E-state index in [-0.39, 0.29) is 28.8 Å². The van der Waals surface area contributed by atoms with E-state index in [4.69, 9.17) is 0 Å². The van der Waals surface area contributed by atoms with E-state index < -0.39 is 0 Å². The molecule has 5 nitrogen and oxygen atoms in total. The average Bonchev–Trinajstić information content (AvgIpc) is 2.39. The maximum atomic E-state index is 12.0. The van der Waals surface area contributed by atoms with Crippen molar-refractivity contribution >= 4 is 17.3 Å². The van der Waals surface area contributed by atoms with Gasteiger partial charge in [0.15, 0.2) is 0 Å². The van der Waals surface area contributed by atoms with Crippen LogP contribution >= 0.6 is 0 Å². The number of aromatic hydroxyl groups is 3. The topological polar surface area (TPSA) is 81.0 Å². The monoisotopic (exact) mass is 287 g/mol. The lowest BCUT2D eigenvalue weighted by atomic mass is 10.1. The molecule has 2 rings (SSSR count). The Balaban J connectivity index is 2.68. The summed E-state index contributed by atoms with van der Waals surface area (Å²) in [7, 11) is 0. The van der Waals surface area contributed by atoms with E-state index in [2.05, 4.69) is 0 Å². The number of aryl methyl sites for hydroxylation is 2. The van der Waals surface area contributed by atoms with E-state index in [9.17, 15) is 20.1 Å². The summed E-state index contributed by atoms with van der Waals surface area (Å²) in [6.45, 7) is 4.77. The Morgan fingerprint density at radius 3 is 1.90 bits per heavy atom. The van der Waals surface area contributed by atoms with Gasteiger partial charge >= 0.3 is 0 Å². The van der Waals surface area contributed by atoms with Gasteiger partial charge in [0.1, 0.15) is 22.9 Å². The van der Waals surface area contributed by atoms with Crippen LogP contribution in [0.1, 0.15) is 18.1 Å². The molecule has 0 aliphatic carbocycles. The second-order valence-electron chi connectivity index (χ2n) is 4.93. The Bertz CT molecular complexity index is 666. The first kappa shape index (κ1) is 14.7. The molecule has 0 saturated carbocycles. The molecule has 0 atom stereocenters. The van der Waals surface area contributed by atoms with Crippen molar-refractivity contribution in [2.24, 2.45) is 0 Å². The second-order valence-corrected chi connectivity index (χ2v) is 4.93. The Labute approximate surface area is 122 Å². The number of nitrogens with zero attached hydrogens (tertiary/aromatic N) is 1. The zero-order valence-corrected chi connectivity index (χ0v) is 12.1. The number of amides is 1. The second kappa shape index (κ2) is 5.36. The molecule has 0 bridgehead atoms. The molecule has 2 aromatic carbocycles. The van der Waals surface area contributed by atoms with Crippen molar-refractivity contribution in [3.8, 4) is 17.2 Å². The van der Waals surface area contributed by atoms with E-state index >= 15 is 0 Å². The van der Waals surface area contributed by atoms with Crippen molar-refractivity contribution in [2.45, 2.75) is 20.8 Å². The van der Waals surface area contributed by atoms with Gasteiger partial charge in [-0.05, 0) is 49.2 Å². The molecule has 5 heteroatoms. The number of hydrogen-bond acceptors (Lipinski definition) is 4. The molecule has 0 aliphatic heterocycles. The van der Waals surface area contributed by atoms with Gasteiger partial charge in [0.05, 0.1) is 0 Å². The summed E-state index contributed by atoms with van der Waals surface area (Å²) < 4.78 is 0. The van der Waals surface area contributed by atoms with Crippen molar-refractivity contribution < 1.29 is 20.1 Å². The third-order valence-corrected chi connectivity index (χ3v) is 3.27. The summed E-state index contributed by atoms with van der Waals surface area (Å²) in [5.41, 5.74) is 1.69. The Morgan fingerprint density at radius 2 is 1.48 bits per heavy atom. The van der Waals surface area contributed by atoms with Gasteiger partial charge in [-0.15, -0.1) is 0 Å². The van der Waals surface area contributed by atoms with Crippen LogP contribution in [0.3, 0.4) is 0 Å². The molecule has 0 radical (unpaired) electrons. The molecule has 0 fully saturated rings. The standard InChI is InChI=1S/C16H17NO4/c1-9-7-12(8-10(2)16(9)21)17(11(3)18)15-13(19)5-4-6-14(15)20/h4-8,19-21H,1-3H3. The Kier molecular flexibility index (Phi) is 3.76. The number of para-hydroxylation sites is 1. The first-order valence-electron chi connectivity index (χ1n) is 6.44. The molecule has 2 aromatic rings. The molecule has 0 aliphatic rings. The number of carbonyl (C=O) groups excluding carboxylic acids is 1. The van der Waals surface area contributed by atoms with Crippen LogP contribution < -0.4 is 4.90 Å². The third-order valence-electron chi connectivity index (χ3n) is 3.27. The third kappa shape index (κ3) is 2.63. The molecule has 0 saturated heterocycles. The van der Waals surface area contributed by atoms with Crippen LogP contribution in [0.2, 0.25) is 0 Å². The van der Waals surface area contributed by atoms with Crippen molar-refractivity contribution in [2.75, 3.05) is 4.90 Å². The molecular weight excluding hydrogens is 270 g/mol. The highest BCUT2D eigenvalue weighted by Crippen LogP contribution is 2.41. The minimum absolute atomic E-state index is 0.0227. The molecule has 0 unspecified atom stereocenters. The predicted molar refractivity (Wildman–Crippen MR) is 80.2 cm³/mol. The number of carbonyl (C=O) groups is 1. The summed E-state index contributed by atoms with van der Waals surface area (Å²) >= 11 is 0. The first-order valence-corrected chi connectivity index (χ1v) is 6.44. The maximum Gasteiger partial charge on any atom is 0.228 e. The number of anilines is 2. The van der Waals surface area contributed by atoms with Crippen LogP contribution in [-0.4, -0.2) is 21.2 Å². The predicted octanol–water partition coefficient (Wildman–Crippen LogP) is 3.10. The van der Waals surface area contributed by atoms with Crippen LogP contribution in [0.15, 0.2) is 30.3 Å². The minimum Gasteiger partial charge on any atom is -0.507 e. The lowest BCUT2D eigenvalue weighted by Crippen LogP contribution is -2.23. The lowest BCUT2D eigenvalue weighted by molar-refractivity contribution is -0.115. The number of benzene rings is 2. The zero-order chi connectivity index (χ0) is 15.7. The fourth-order valence-electron chi connectivity index (χ4n) is 2.28. The van der Waals surface area contributed by atoms with Gasteiger partial charge in [-0.25, -0.2) is 0 Å². The molecule has 21 heavy (non-hydrogen) atoms. The largest absolute Gasteiger partial charge is 0.507 e. The zero-order valence-electron chi connectivity index (χ0n) is 12.1. The fraction of sp³-hybridized carbons (Fsp3) is 0.188. The summed E-state index contributed by atoms with van der Waals surface area (Å²) in [6.07, 6.45) is 0. The van der Waals surface area contributed by atoms with Crippen molar-refractivity contribution in [1.82, 2.24) is 0 Å². The molecule has 1 amide bonds. The highest BCUT2D eigenvalue weighted by molar-refractivity contribution is 6.02. The molecule has 110 valence electrons. The van der Waals surface area contributed by atoms with Gasteiger partial charge < -0.3 is 15.3 Å². The SMILES string of the molecule is CC(=O)N(c1cc(C)c(O)c(C)c1)c1c(O)cccc1O. The minimum atomic E-state index is -0.365. The summed E-state index contributed by atoms with van der Waals surface area (Å²) in [4.78, 5) is 13.2. The van der Waals surface area contributed by atoms with Gasteiger partial charge in [-0.3, -0.25) is 9.69 Å². The summed E-state index contributed by atoms with van der Waals surface area (Å²) in [5, 5.41) is 29.8. The van der Waals surface area contributed by atoms with Gasteiger partial charge in [-0.2, -0.15) is 0 Å². The highest BCUT2D eigenvalue weighted by atomic mass is 16.3. The van der Waals surface area contributed by atoms with Crippen molar-refractivity contribution in [1.29, 1.82) is 0 Å². The van der Waals surface area contributed by atoms with Gasteiger partial charge in [0.2, 0.25) is 5.91 Å². The average molecular weight is 287 g/mol. The van der Waals surface area contributed by atoms with E-state index in [1.54, 1.807) is 26.0 Å². The summed E-state index contributed by atoms with van der Waals surface area (Å²) in [6, 6.07) is 7.52. The molecule has 0 aromatic heterocycles. The van der Waals surface area contributed by atoms with Crippen molar-refractivity contribution in [3.63, 3.8) is 0 Å². The molecular formula is C16H17NO4. The number of rotatable bonds is 2. The van der Waals surface area contributed by atoms with E-state index in [0.717, 1.165) is 0 Å². The van der Waals surface area contributed by atoms with Crippen LogP contribution in [0, 0.1) is 13.8 Å². The molecule has 0 heterocycles. The van der Waals surface area contributed by atoms with Crippen LogP contribution in [0.4, 0.5) is 11.4 Å². The highest BCUT2D eigenvalue weighted by Gasteiger charge is 2.22. The number of phenols is 3. The summed E-state index contributed by atoms with van der Waals surface area (Å²) in [5.74, 6) is -0.609. The lowest BCUT2D eigenvalue weighted by Gasteiger charge is -2.24. The number of phenolic OH excluding ortho intramolecular Hbond substituents is 3. The van der Waals surface area contributed by atoms with E-state index in [1.165, 1.54) is 30.0 Å². The molecule has 3 N–H and O–H groups in total. The van der Waals surface area contributed by atoms with Gasteiger partial charge in [-0.1, -0.05) is 6.07 Å². The maximum absolute atomic E-state index is 12.0. The molecule has 0 spiro atoms. The number of hydrogen-bond donors (Lipinski definition) is 3. The quantitative estimate of drug-likeness (QED) is 0.792. The fourth-order valence-corrected chi connectivity index (χ4v) is 2.28. The van der Waals surface area contributed by atoms with Gasteiger partial charge in [0.25, 0.3) is 0 Å². The first-order chi connectivity index (χ1) is 9.82. The Morgan fingerprint density at radius 1 is 1.00 bits per heavy atom.